The van der Waals surface area contributed by atoms with Gasteiger partial charge in [-0.3, -0.25) is 4.79 Å². The number of carbonyl (C=O) groups excluding carboxylic acids is 1. The number of ketones is 1. The van der Waals surface area contributed by atoms with Gasteiger partial charge >= 0.3 is 0 Å². The molecule has 2 aromatic carbocycles. The minimum Gasteiger partial charge on any atom is -0.496 e. The van der Waals surface area contributed by atoms with Gasteiger partial charge in [-0.25, -0.2) is 0 Å². The lowest BCUT2D eigenvalue weighted by Crippen LogP contribution is -2.36. The molecule has 1 aliphatic heterocycles. The van der Waals surface area contributed by atoms with Crippen molar-refractivity contribution < 1.29 is 19.0 Å². The van der Waals surface area contributed by atoms with Gasteiger partial charge in [0.25, 0.3) is 6.26 Å². The summed E-state index contributed by atoms with van der Waals surface area (Å²) in [4.78, 5) is 15.3. The monoisotopic (exact) mass is 416 g/mol. The fraction of sp³-hybridized carbons (Fsp3) is 0.280. The van der Waals surface area contributed by atoms with Crippen molar-refractivity contribution >= 4 is 11.5 Å². The van der Waals surface area contributed by atoms with Crippen LogP contribution in [0.15, 0.2) is 60.2 Å². The molecule has 4 rings (SSSR count). The van der Waals surface area contributed by atoms with E-state index in [0.717, 1.165) is 48.3 Å². The number of rotatable bonds is 6. The van der Waals surface area contributed by atoms with Crippen LogP contribution in [0, 0.1) is 11.5 Å². The molecule has 0 atom stereocenters. The van der Waals surface area contributed by atoms with Gasteiger partial charge in [0.1, 0.15) is 11.5 Å². The number of allylic oxidation sites excluding steroid dienone is 4. The zero-order valence-electron chi connectivity index (χ0n) is 17.5. The second-order valence-electron chi connectivity index (χ2n) is 7.36. The van der Waals surface area contributed by atoms with Crippen LogP contribution in [0.2, 0.25) is 0 Å². The molecule has 0 radical (unpaired) electrons. The highest BCUT2D eigenvalue weighted by atomic mass is 16.5. The Morgan fingerprint density at radius 1 is 1.10 bits per heavy atom. The van der Waals surface area contributed by atoms with Crippen LogP contribution in [0.1, 0.15) is 23.2 Å². The van der Waals surface area contributed by atoms with Gasteiger partial charge < -0.3 is 19.1 Å². The first kappa shape index (κ1) is 20.7. The summed E-state index contributed by atoms with van der Waals surface area (Å²) in [5.41, 5.74) is 4.17. The molecule has 0 bridgehead atoms. The Kier molecular flexibility index (Phi) is 6.34. The van der Waals surface area contributed by atoms with E-state index in [2.05, 4.69) is 4.90 Å². The highest BCUT2D eigenvalue weighted by molar-refractivity contribution is 6.11. The number of morpholine rings is 1. The summed E-state index contributed by atoms with van der Waals surface area (Å²) in [7, 11) is 1.59. The first-order valence-electron chi connectivity index (χ1n) is 10.3. The minimum atomic E-state index is 0.0294. The lowest BCUT2D eigenvalue weighted by Gasteiger charge is -2.31. The van der Waals surface area contributed by atoms with Crippen LogP contribution in [0.25, 0.3) is 11.1 Å². The van der Waals surface area contributed by atoms with Crippen molar-refractivity contribution in [3.8, 4) is 28.9 Å². The molecule has 1 fully saturated rings. The van der Waals surface area contributed by atoms with E-state index in [1.165, 1.54) is 0 Å². The van der Waals surface area contributed by atoms with Crippen LogP contribution in [-0.2, 0) is 4.74 Å². The Morgan fingerprint density at radius 3 is 2.61 bits per heavy atom. The van der Waals surface area contributed by atoms with E-state index < -0.39 is 0 Å². The third-order valence-corrected chi connectivity index (χ3v) is 5.50. The Balaban J connectivity index is 1.79. The van der Waals surface area contributed by atoms with Crippen molar-refractivity contribution in [1.82, 2.24) is 0 Å². The van der Waals surface area contributed by atoms with Crippen molar-refractivity contribution in [2.75, 3.05) is 38.3 Å². The van der Waals surface area contributed by atoms with Crippen LogP contribution in [-0.4, -0.2) is 39.2 Å². The molecule has 31 heavy (non-hydrogen) atoms. The normalized spacial score (nSPS) is 15.7. The second kappa shape index (κ2) is 9.50. The number of anilines is 1. The molecule has 158 valence electrons. The largest absolute Gasteiger partial charge is 0.496 e. The average molecular weight is 416 g/mol. The zero-order valence-corrected chi connectivity index (χ0v) is 17.5. The number of carbonyl (C=O) groups is 1. The molecule has 2 aliphatic rings. The Bertz CT molecular complexity index is 1080. The van der Waals surface area contributed by atoms with E-state index in [1.54, 1.807) is 25.5 Å². The highest BCUT2D eigenvalue weighted by Crippen LogP contribution is 2.40. The SMILES string of the molecule is COc1cc(OC#N)ccc1-c1ccc(C(=O)C2=CCCC=C2)cc1N1CCOCC1. The molecule has 0 amide bonds. The van der Waals surface area contributed by atoms with E-state index in [4.69, 9.17) is 19.5 Å². The number of hydrogen-bond acceptors (Lipinski definition) is 6. The average Bonchev–Trinajstić information content (AvgIpc) is 2.84. The van der Waals surface area contributed by atoms with Crippen molar-refractivity contribution in [2.45, 2.75) is 12.8 Å². The Hall–Kier alpha value is -3.56. The van der Waals surface area contributed by atoms with E-state index in [9.17, 15) is 4.79 Å². The zero-order chi connectivity index (χ0) is 21.6. The molecule has 0 aromatic heterocycles. The van der Waals surface area contributed by atoms with Gasteiger partial charge in [0, 0.05) is 47.1 Å². The molecule has 2 aromatic rings. The fourth-order valence-electron chi connectivity index (χ4n) is 3.93. The smallest absolute Gasteiger partial charge is 0.292 e. The third-order valence-electron chi connectivity index (χ3n) is 5.50. The molecule has 6 heteroatoms. The van der Waals surface area contributed by atoms with Gasteiger partial charge in [-0.1, -0.05) is 30.4 Å². The van der Waals surface area contributed by atoms with E-state index >= 15 is 0 Å². The summed E-state index contributed by atoms with van der Waals surface area (Å²) in [6, 6.07) is 11.1. The first-order valence-corrected chi connectivity index (χ1v) is 10.3. The van der Waals surface area contributed by atoms with Crippen molar-refractivity contribution in [3.63, 3.8) is 0 Å². The maximum Gasteiger partial charge on any atom is 0.292 e. The molecule has 0 spiro atoms. The summed E-state index contributed by atoms with van der Waals surface area (Å²) in [5.74, 6) is 1.04. The lowest BCUT2D eigenvalue weighted by atomic mass is 9.94. The predicted octanol–water partition coefficient (Wildman–Crippen LogP) is 4.52. The minimum absolute atomic E-state index is 0.0294. The predicted molar refractivity (Wildman–Crippen MR) is 118 cm³/mol. The molecule has 1 aliphatic carbocycles. The van der Waals surface area contributed by atoms with Crippen molar-refractivity contribution in [3.05, 3.63) is 65.8 Å². The maximum absolute atomic E-state index is 13.1. The van der Waals surface area contributed by atoms with E-state index in [-0.39, 0.29) is 5.78 Å². The number of ether oxygens (including phenoxy) is 3. The number of Topliss-reactive ketones (excluding diaryl/α,β-unsaturated/α-hetero) is 1. The summed E-state index contributed by atoms with van der Waals surface area (Å²) >= 11 is 0. The standard InChI is InChI=1S/C25H24N2O4/c1-29-24-16-20(31-17-26)8-10-22(24)21-9-7-19(25(28)18-5-3-2-4-6-18)15-23(21)27-11-13-30-14-12-27/h3,5-10,15-16H,2,4,11-14H2,1H3. The quantitative estimate of drug-likeness (QED) is 0.509. The van der Waals surface area contributed by atoms with Gasteiger partial charge in [-0.2, -0.15) is 0 Å². The van der Waals surface area contributed by atoms with Gasteiger partial charge in [0.15, 0.2) is 5.78 Å². The summed E-state index contributed by atoms with van der Waals surface area (Å²) < 4.78 is 16.1. The van der Waals surface area contributed by atoms with E-state index in [0.29, 0.717) is 30.3 Å². The number of hydrogen-bond donors (Lipinski definition) is 0. The van der Waals surface area contributed by atoms with Crippen LogP contribution >= 0.6 is 0 Å². The lowest BCUT2D eigenvalue weighted by molar-refractivity contribution is 0.103. The van der Waals surface area contributed by atoms with Gasteiger partial charge in [0.2, 0.25) is 0 Å². The molecule has 1 saturated heterocycles. The number of methoxy groups -OCH3 is 1. The molecule has 0 saturated carbocycles. The Morgan fingerprint density at radius 2 is 1.90 bits per heavy atom. The van der Waals surface area contributed by atoms with Gasteiger partial charge in [-0.05, 0) is 31.0 Å². The number of benzene rings is 2. The van der Waals surface area contributed by atoms with Crippen LogP contribution in [0.4, 0.5) is 5.69 Å². The third kappa shape index (κ3) is 4.47. The molecule has 0 N–H and O–H groups in total. The van der Waals surface area contributed by atoms with Crippen molar-refractivity contribution in [1.29, 1.82) is 5.26 Å². The van der Waals surface area contributed by atoms with Gasteiger partial charge in [0.05, 0.1) is 20.3 Å². The summed E-state index contributed by atoms with van der Waals surface area (Å²) in [6.07, 6.45) is 9.50. The number of nitrogens with zero attached hydrogens (tertiary/aromatic N) is 2. The topological polar surface area (TPSA) is 71.8 Å². The molecular weight excluding hydrogens is 392 g/mol. The van der Waals surface area contributed by atoms with Crippen LogP contribution in [0.5, 0.6) is 11.5 Å². The molecule has 6 nitrogen and oxygen atoms in total. The van der Waals surface area contributed by atoms with Crippen molar-refractivity contribution in [2.24, 2.45) is 0 Å². The molecule has 1 heterocycles. The van der Waals surface area contributed by atoms with Gasteiger partial charge in [-0.15, -0.1) is 5.26 Å². The highest BCUT2D eigenvalue weighted by Gasteiger charge is 2.21. The second-order valence-corrected chi connectivity index (χ2v) is 7.36. The fourth-order valence-corrected chi connectivity index (χ4v) is 3.93. The molecular formula is C25H24N2O4. The maximum atomic E-state index is 13.1. The summed E-state index contributed by atoms with van der Waals surface area (Å²) in [5, 5.41) is 8.80. The first-order chi connectivity index (χ1) is 15.2. The van der Waals surface area contributed by atoms with Crippen LogP contribution in [0.3, 0.4) is 0 Å². The number of nitriles is 1. The molecule has 0 unspecified atom stereocenters. The van der Waals surface area contributed by atoms with E-state index in [1.807, 2.05) is 42.5 Å². The van der Waals surface area contributed by atoms with Crippen LogP contribution < -0.4 is 14.4 Å². The Labute approximate surface area is 181 Å². The summed E-state index contributed by atoms with van der Waals surface area (Å²) in [6.45, 7) is 2.76.